The van der Waals surface area contributed by atoms with E-state index >= 15 is 0 Å². The van der Waals surface area contributed by atoms with Crippen molar-refractivity contribution in [3.05, 3.63) is 53.7 Å². The summed E-state index contributed by atoms with van der Waals surface area (Å²) in [6.07, 6.45) is 5.12. The fraction of sp³-hybridized carbons (Fsp3) is 0.143. The number of carbonyl (C=O) groups excluding carboxylic acids is 1. The molecule has 0 saturated heterocycles. The lowest BCUT2D eigenvalue weighted by Crippen LogP contribution is -2.22. The summed E-state index contributed by atoms with van der Waals surface area (Å²) in [7, 11) is 0. The third-order valence-corrected chi connectivity index (χ3v) is 3.70. The number of pyridine rings is 1. The van der Waals surface area contributed by atoms with E-state index in [1.807, 2.05) is 12.1 Å². The number of carbonyl (C=O) groups is 1. The van der Waals surface area contributed by atoms with Crippen LogP contribution in [0, 0.1) is 0 Å². The number of nitrogens with two attached hydrogens (primary N) is 1. The molecule has 0 atom stereocenters. The van der Waals surface area contributed by atoms with Crippen LogP contribution in [0.3, 0.4) is 0 Å². The monoisotopic (exact) mass is 288 g/mol. The third-order valence-electron chi connectivity index (χ3n) is 2.59. The molecule has 5 nitrogen and oxygen atoms in total. The Hall–Kier alpha value is -2.34. The number of thiophene rings is 1. The van der Waals surface area contributed by atoms with Gasteiger partial charge < -0.3 is 16.4 Å². The van der Waals surface area contributed by atoms with Crippen molar-refractivity contribution in [2.45, 2.75) is 6.54 Å². The van der Waals surface area contributed by atoms with Gasteiger partial charge in [0.15, 0.2) is 0 Å². The molecule has 0 saturated carbocycles. The zero-order chi connectivity index (χ0) is 14.4. The van der Waals surface area contributed by atoms with Crippen molar-refractivity contribution in [3.8, 4) is 0 Å². The first-order valence-corrected chi connectivity index (χ1v) is 6.93. The van der Waals surface area contributed by atoms with Gasteiger partial charge in [-0.15, -0.1) is 17.9 Å². The van der Waals surface area contributed by atoms with Crippen LogP contribution in [0.4, 0.5) is 10.7 Å². The van der Waals surface area contributed by atoms with Gasteiger partial charge in [0.05, 0.1) is 10.7 Å². The molecule has 2 rings (SSSR count). The molecule has 0 aliphatic rings. The fourth-order valence-corrected chi connectivity index (χ4v) is 2.50. The molecule has 0 aliphatic heterocycles. The van der Waals surface area contributed by atoms with Crippen LogP contribution in [0.1, 0.15) is 15.2 Å². The number of nitrogens with zero attached hydrogens (tertiary/aromatic N) is 1. The first-order chi connectivity index (χ1) is 9.70. The second kappa shape index (κ2) is 6.72. The molecule has 2 heterocycles. The normalized spacial score (nSPS) is 10.0. The average Bonchev–Trinajstić information content (AvgIpc) is 2.85. The Bertz CT molecular complexity index is 594. The molecule has 4 N–H and O–H groups in total. The van der Waals surface area contributed by atoms with Crippen molar-refractivity contribution in [1.82, 2.24) is 10.3 Å². The van der Waals surface area contributed by atoms with Gasteiger partial charge in [0.25, 0.3) is 5.91 Å². The Labute approximate surface area is 121 Å². The van der Waals surface area contributed by atoms with E-state index < -0.39 is 0 Å². The lowest BCUT2D eigenvalue weighted by atomic mass is 10.3. The molecule has 0 spiro atoms. The number of nitrogen functional groups attached to an aromatic ring is 1. The smallest absolute Gasteiger partial charge is 0.263 e. The second-order valence-electron chi connectivity index (χ2n) is 4.10. The zero-order valence-corrected chi connectivity index (χ0v) is 11.7. The van der Waals surface area contributed by atoms with Crippen LogP contribution in [-0.4, -0.2) is 17.4 Å². The Balaban J connectivity index is 2.00. The maximum absolute atomic E-state index is 11.8. The number of hydrogen-bond acceptors (Lipinski definition) is 5. The first-order valence-electron chi connectivity index (χ1n) is 6.12. The summed E-state index contributed by atoms with van der Waals surface area (Å²) in [6, 6.07) is 5.64. The Morgan fingerprint density at radius 2 is 2.20 bits per heavy atom. The summed E-state index contributed by atoms with van der Waals surface area (Å²) in [5, 5.41) is 6.82. The van der Waals surface area contributed by atoms with E-state index in [9.17, 15) is 4.79 Å². The van der Waals surface area contributed by atoms with Crippen molar-refractivity contribution >= 4 is 27.9 Å². The highest BCUT2D eigenvalue weighted by atomic mass is 32.1. The van der Waals surface area contributed by atoms with Crippen LogP contribution < -0.4 is 16.4 Å². The summed E-state index contributed by atoms with van der Waals surface area (Å²) in [4.78, 5) is 16.3. The van der Waals surface area contributed by atoms with E-state index in [2.05, 4.69) is 22.2 Å². The number of rotatable bonds is 6. The summed E-state index contributed by atoms with van der Waals surface area (Å²) < 4.78 is 0. The van der Waals surface area contributed by atoms with Gasteiger partial charge in [-0.1, -0.05) is 6.08 Å². The standard InChI is InChI=1S/C14H16N4OS/c1-2-5-17-14(19)13-11(15)8-12(20-13)18-9-10-3-6-16-7-4-10/h2-4,6-8,18H,1,5,9,15H2,(H,17,19). The molecule has 1 amide bonds. The molecular formula is C14H16N4OS. The van der Waals surface area contributed by atoms with Crippen molar-refractivity contribution < 1.29 is 4.79 Å². The van der Waals surface area contributed by atoms with E-state index in [0.29, 0.717) is 23.7 Å². The maximum atomic E-state index is 11.8. The predicted molar refractivity (Wildman–Crippen MR) is 82.8 cm³/mol. The van der Waals surface area contributed by atoms with Crippen LogP contribution in [-0.2, 0) is 6.54 Å². The van der Waals surface area contributed by atoms with Crippen LogP contribution in [0.2, 0.25) is 0 Å². The van der Waals surface area contributed by atoms with E-state index in [-0.39, 0.29) is 5.91 Å². The van der Waals surface area contributed by atoms with E-state index in [1.54, 1.807) is 24.5 Å². The lowest BCUT2D eigenvalue weighted by Gasteiger charge is -2.02. The van der Waals surface area contributed by atoms with E-state index in [0.717, 1.165) is 10.6 Å². The number of hydrogen-bond donors (Lipinski definition) is 3. The Morgan fingerprint density at radius 3 is 2.90 bits per heavy atom. The van der Waals surface area contributed by atoms with Crippen LogP contribution in [0.25, 0.3) is 0 Å². The minimum atomic E-state index is -0.177. The van der Waals surface area contributed by atoms with Crippen molar-refractivity contribution in [1.29, 1.82) is 0 Å². The molecule has 6 heteroatoms. The molecule has 20 heavy (non-hydrogen) atoms. The zero-order valence-electron chi connectivity index (χ0n) is 10.9. The highest BCUT2D eigenvalue weighted by Crippen LogP contribution is 2.29. The number of aromatic nitrogens is 1. The van der Waals surface area contributed by atoms with Gasteiger partial charge in [0, 0.05) is 25.5 Å². The fourth-order valence-electron chi connectivity index (χ4n) is 1.60. The molecule has 2 aromatic heterocycles. The highest BCUT2D eigenvalue weighted by molar-refractivity contribution is 7.18. The molecule has 0 aliphatic carbocycles. The van der Waals surface area contributed by atoms with Gasteiger partial charge >= 0.3 is 0 Å². The summed E-state index contributed by atoms with van der Waals surface area (Å²) >= 11 is 1.34. The Kier molecular flexibility index (Phi) is 4.73. The SMILES string of the molecule is C=CCNC(=O)c1sc(NCc2ccncc2)cc1N. The minimum Gasteiger partial charge on any atom is -0.397 e. The molecule has 0 bridgehead atoms. The van der Waals surface area contributed by atoms with E-state index in [1.165, 1.54) is 11.3 Å². The number of amides is 1. The topological polar surface area (TPSA) is 80.0 Å². The minimum absolute atomic E-state index is 0.177. The van der Waals surface area contributed by atoms with Gasteiger partial charge in [0.2, 0.25) is 0 Å². The van der Waals surface area contributed by atoms with E-state index in [4.69, 9.17) is 5.73 Å². The summed E-state index contributed by atoms with van der Waals surface area (Å²) in [5.41, 5.74) is 7.45. The van der Waals surface area contributed by atoms with Gasteiger partial charge in [-0.05, 0) is 23.8 Å². The summed E-state index contributed by atoms with van der Waals surface area (Å²) in [5.74, 6) is -0.177. The largest absolute Gasteiger partial charge is 0.397 e. The molecule has 0 radical (unpaired) electrons. The average molecular weight is 288 g/mol. The van der Waals surface area contributed by atoms with Gasteiger partial charge in [-0.3, -0.25) is 9.78 Å². The molecule has 2 aromatic rings. The van der Waals surface area contributed by atoms with Crippen molar-refractivity contribution in [2.24, 2.45) is 0 Å². The Morgan fingerprint density at radius 1 is 1.45 bits per heavy atom. The number of nitrogens with one attached hydrogen (secondary N) is 2. The van der Waals surface area contributed by atoms with Crippen LogP contribution in [0.5, 0.6) is 0 Å². The molecule has 0 aromatic carbocycles. The van der Waals surface area contributed by atoms with Crippen LogP contribution >= 0.6 is 11.3 Å². The number of anilines is 2. The molecular weight excluding hydrogens is 272 g/mol. The molecule has 104 valence electrons. The molecule has 0 unspecified atom stereocenters. The first kappa shape index (κ1) is 14.1. The van der Waals surface area contributed by atoms with Crippen molar-refractivity contribution in [3.63, 3.8) is 0 Å². The van der Waals surface area contributed by atoms with Crippen LogP contribution in [0.15, 0.2) is 43.2 Å². The lowest BCUT2D eigenvalue weighted by molar-refractivity contribution is 0.0963. The summed E-state index contributed by atoms with van der Waals surface area (Å²) in [6.45, 7) is 4.65. The molecule has 0 fully saturated rings. The third kappa shape index (κ3) is 3.58. The van der Waals surface area contributed by atoms with Crippen molar-refractivity contribution in [2.75, 3.05) is 17.6 Å². The van der Waals surface area contributed by atoms with Gasteiger partial charge in [-0.2, -0.15) is 0 Å². The predicted octanol–water partition coefficient (Wildman–Crippen LogP) is 2.25. The highest BCUT2D eigenvalue weighted by Gasteiger charge is 2.13. The quantitative estimate of drug-likeness (QED) is 0.712. The second-order valence-corrected chi connectivity index (χ2v) is 5.16. The maximum Gasteiger partial charge on any atom is 0.263 e. The van der Waals surface area contributed by atoms with Gasteiger partial charge in [-0.25, -0.2) is 0 Å². The van der Waals surface area contributed by atoms with Gasteiger partial charge in [0.1, 0.15) is 4.88 Å².